The SMILES string of the molecule is C.CC.CC.CC.CC.CC.CC.CC.CC.CC.CC.CC.CC.CC.CC.CC.CN(C)c1c2ccccc2nc2ccccc12.Cc1ccc2[nH]c(-c3ccccc3)cc2c1.Cc1ccc2cc3ccc(C)cc3nc2c1.Cc1ccc2oc(-c3ccccc3)cc2c1.O=c1[nH][nH]c(=O)c2ccccc12.c1ccc2ncccc2c1. The number of anilines is 1. The third kappa shape index (κ3) is 39.6. The summed E-state index contributed by atoms with van der Waals surface area (Å²) in [7, 11) is 4.16. The summed E-state index contributed by atoms with van der Waals surface area (Å²) in [6, 6.07) is 87.9. The molecule has 10 aromatic carbocycles. The number of nitrogens with zero attached hydrogens (tertiary/aromatic N) is 4. The summed E-state index contributed by atoms with van der Waals surface area (Å²) in [4.78, 5) is 41.4. The molecule has 0 unspecified atom stereocenters. The Morgan fingerprint density at radius 3 is 1.07 bits per heavy atom. The van der Waals surface area contributed by atoms with Crippen molar-refractivity contribution in [2.45, 2.75) is 243 Å². The Morgan fingerprint density at radius 1 is 0.288 bits per heavy atom. The Labute approximate surface area is 717 Å². The maximum absolute atomic E-state index is 11.1. The lowest BCUT2D eigenvalue weighted by Crippen LogP contribution is -2.18. The van der Waals surface area contributed by atoms with Crippen LogP contribution in [0.25, 0.3) is 110 Å². The standard InChI is InChI=1S/C15H14N2.2C15H13N.C15H12O.C9H7N.C8H6N2O2.15C2H6.CH4/c1-17(2)15-11-7-3-5-9-13(11)16-14-10-6-4-8-12(14)15;1-10-3-5-12-9-13-6-4-11(2)8-15(13)16-14(12)7-10;2*1-11-7-8-14-13(9-11)10-15(16-14)12-5-3-2-4-6-12;1-2-6-9-8(4-1)5-3-7-10-9;11-7-5-3-1-2-4-6(5)8(12)10-9-7;15*1-2;/h3-10H,1-2H3;3-9H,1-2H3;2-10,16H,1H3;2-10H,1H3;1-7H;1-4H,(H,9,11)(H,10,12);15*1-2H3;1H4. The lowest BCUT2D eigenvalue weighted by atomic mass is 10.1. The number of aromatic amines is 3. The van der Waals surface area contributed by atoms with Gasteiger partial charge in [-0.1, -0.05) is 396 Å². The number of hydrogen-bond donors (Lipinski definition) is 3. The number of pyridine rings is 3. The Balaban J connectivity index is -0.000000300. The number of aryl methyl sites for hydroxylation is 4. The van der Waals surface area contributed by atoms with E-state index < -0.39 is 0 Å². The number of benzene rings is 10. The van der Waals surface area contributed by atoms with Gasteiger partial charge in [0.05, 0.1) is 44.0 Å². The number of rotatable bonds is 3. The molecule has 6 heterocycles. The minimum atomic E-state index is -0.273. The van der Waals surface area contributed by atoms with Gasteiger partial charge in [-0.3, -0.25) is 24.8 Å². The smallest absolute Gasteiger partial charge is 0.270 e. The number of H-pyrrole nitrogens is 3. The lowest BCUT2D eigenvalue weighted by Gasteiger charge is -2.18. The molecule has 3 N–H and O–H groups in total. The quantitative estimate of drug-likeness (QED) is 0.150. The number of para-hydroxylation sites is 3. The van der Waals surface area contributed by atoms with Crippen molar-refractivity contribution in [1.29, 1.82) is 0 Å². The van der Waals surface area contributed by atoms with Gasteiger partial charge in [0.1, 0.15) is 11.3 Å². The molecule has 0 atom stereocenters. The van der Waals surface area contributed by atoms with Gasteiger partial charge in [-0.25, -0.2) is 9.97 Å². The van der Waals surface area contributed by atoms with Crippen molar-refractivity contribution in [2.24, 2.45) is 0 Å². The minimum absolute atomic E-state index is 0. The molecule has 0 radical (unpaired) electrons. The summed E-state index contributed by atoms with van der Waals surface area (Å²) in [5.41, 5.74) is 16.8. The van der Waals surface area contributed by atoms with Crippen LogP contribution in [0.15, 0.2) is 281 Å². The molecule has 118 heavy (non-hydrogen) atoms. The van der Waals surface area contributed by atoms with Gasteiger partial charge < -0.3 is 14.3 Å². The average molecular weight is 1600 g/mol. The van der Waals surface area contributed by atoms with Gasteiger partial charge in [0.25, 0.3) is 11.1 Å². The van der Waals surface area contributed by atoms with Gasteiger partial charge in [0.15, 0.2) is 0 Å². The summed E-state index contributed by atoms with van der Waals surface area (Å²) < 4.78 is 5.81. The first-order chi connectivity index (χ1) is 57.4. The molecule has 0 aliphatic heterocycles. The summed E-state index contributed by atoms with van der Waals surface area (Å²) in [6.07, 6.45) is 1.81. The van der Waals surface area contributed by atoms with Crippen molar-refractivity contribution in [3.63, 3.8) is 0 Å². The molecule has 0 aliphatic rings. The van der Waals surface area contributed by atoms with E-state index >= 15 is 0 Å². The van der Waals surface area contributed by atoms with Crippen LogP contribution in [-0.4, -0.2) is 44.2 Å². The van der Waals surface area contributed by atoms with Gasteiger partial charge in [0, 0.05) is 74.8 Å². The predicted octanol–water partition coefficient (Wildman–Crippen LogP) is 34.5. The van der Waals surface area contributed by atoms with E-state index in [0.717, 1.165) is 44.5 Å². The topological polar surface area (TPSA) is 137 Å². The number of hydrogen-bond acceptors (Lipinski definition) is 7. The van der Waals surface area contributed by atoms with E-state index in [4.69, 9.17) is 14.4 Å². The molecule has 0 fully saturated rings. The monoisotopic (exact) mass is 1600 g/mol. The Hall–Kier alpha value is -11.2. The first-order valence-electron chi connectivity index (χ1n) is 43.8. The highest BCUT2D eigenvalue weighted by Crippen LogP contribution is 2.33. The van der Waals surface area contributed by atoms with Gasteiger partial charge in [0.2, 0.25) is 0 Å². The second-order valence-corrected chi connectivity index (χ2v) is 21.6. The fourth-order valence-electron chi connectivity index (χ4n) is 10.4. The van der Waals surface area contributed by atoms with E-state index in [-0.39, 0.29) is 18.5 Å². The molecule has 0 saturated carbocycles. The molecule has 10 heteroatoms. The van der Waals surface area contributed by atoms with Gasteiger partial charge in [-0.2, -0.15) is 0 Å². The van der Waals surface area contributed by atoms with Crippen LogP contribution in [0.5, 0.6) is 0 Å². The van der Waals surface area contributed by atoms with Crippen molar-refractivity contribution >= 4 is 92.8 Å². The summed E-state index contributed by atoms with van der Waals surface area (Å²) in [5.74, 6) is 0.932. The Bertz CT molecular complexity index is 4810. The second-order valence-electron chi connectivity index (χ2n) is 21.6. The molecule has 644 valence electrons. The highest BCUT2D eigenvalue weighted by Gasteiger charge is 2.11. The van der Waals surface area contributed by atoms with Crippen LogP contribution >= 0.6 is 0 Å². The third-order valence-corrected chi connectivity index (χ3v) is 14.7. The molecule has 0 bridgehead atoms. The molecule has 16 rings (SSSR count). The summed E-state index contributed by atoms with van der Waals surface area (Å²) >= 11 is 0. The first kappa shape index (κ1) is 118. The molecule has 0 saturated heterocycles. The highest BCUT2D eigenvalue weighted by molar-refractivity contribution is 6.07. The van der Waals surface area contributed by atoms with E-state index in [0.29, 0.717) is 10.8 Å². The molecule has 6 aromatic heterocycles. The van der Waals surface area contributed by atoms with E-state index in [1.807, 2.05) is 281 Å². The van der Waals surface area contributed by atoms with E-state index in [2.05, 4.69) is 237 Å². The zero-order chi connectivity index (χ0) is 90.2. The third-order valence-electron chi connectivity index (χ3n) is 14.7. The number of nitrogens with one attached hydrogen (secondary N) is 3. The van der Waals surface area contributed by atoms with E-state index in [1.54, 1.807) is 24.3 Å². The fourth-order valence-corrected chi connectivity index (χ4v) is 10.4. The van der Waals surface area contributed by atoms with Crippen LogP contribution in [0.4, 0.5) is 5.69 Å². The molecule has 0 spiro atoms. The lowest BCUT2D eigenvalue weighted by molar-refractivity contribution is 0.631. The number of furan rings is 1. The second kappa shape index (κ2) is 75.8. The largest absolute Gasteiger partial charge is 0.456 e. The van der Waals surface area contributed by atoms with Crippen LogP contribution in [0.1, 0.15) is 237 Å². The molecule has 16 aromatic rings. The predicted molar refractivity (Wildman–Crippen MR) is 541 cm³/mol. The molecule has 10 nitrogen and oxygen atoms in total. The van der Waals surface area contributed by atoms with E-state index in [1.165, 1.54) is 82.4 Å². The Morgan fingerprint density at radius 2 is 0.636 bits per heavy atom. The first-order valence-corrected chi connectivity index (χ1v) is 43.8. The van der Waals surface area contributed by atoms with Gasteiger partial charge >= 0.3 is 0 Å². The van der Waals surface area contributed by atoms with Crippen LogP contribution in [0.2, 0.25) is 0 Å². The maximum Gasteiger partial charge on any atom is 0.270 e. The molecular formula is C108H159N7O3. The molecule has 0 amide bonds. The van der Waals surface area contributed by atoms with Crippen molar-refractivity contribution in [2.75, 3.05) is 19.0 Å². The zero-order valence-electron chi connectivity index (χ0n) is 79.4. The van der Waals surface area contributed by atoms with Crippen LogP contribution in [0.3, 0.4) is 0 Å². The maximum atomic E-state index is 11.1. The fraction of sp³-hybridized carbons (Fsp3) is 0.343. The summed E-state index contributed by atoms with van der Waals surface area (Å²) in [6.45, 7) is 68.4. The average Bonchev–Trinajstić information content (AvgIpc) is 1.24. The minimum Gasteiger partial charge on any atom is -0.456 e. The van der Waals surface area contributed by atoms with Crippen molar-refractivity contribution in [3.05, 3.63) is 310 Å². The molecular weight excluding hydrogens is 1440 g/mol. The number of fused-ring (bicyclic) bond motifs is 8. The van der Waals surface area contributed by atoms with E-state index in [9.17, 15) is 9.59 Å². The van der Waals surface area contributed by atoms with Crippen molar-refractivity contribution < 1.29 is 4.42 Å². The normalized spacial score (nSPS) is 8.68. The summed E-state index contributed by atoms with van der Waals surface area (Å²) in [5, 5.41) is 13.8. The van der Waals surface area contributed by atoms with Gasteiger partial charge in [-0.05, 0) is 135 Å². The van der Waals surface area contributed by atoms with Crippen LogP contribution in [0, 0.1) is 27.7 Å². The number of aromatic nitrogens is 6. The van der Waals surface area contributed by atoms with Crippen molar-refractivity contribution in [3.8, 4) is 22.6 Å². The van der Waals surface area contributed by atoms with Crippen LogP contribution in [-0.2, 0) is 0 Å². The highest BCUT2D eigenvalue weighted by atomic mass is 16.3. The van der Waals surface area contributed by atoms with Crippen molar-refractivity contribution in [1.82, 2.24) is 30.1 Å². The Kier molecular flexibility index (Phi) is 75.6. The van der Waals surface area contributed by atoms with Crippen LogP contribution < -0.4 is 16.0 Å². The molecule has 0 aliphatic carbocycles. The van der Waals surface area contributed by atoms with Gasteiger partial charge in [-0.15, -0.1) is 0 Å². The zero-order valence-corrected chi connectivity index (χ0v) is 79.4.